The van der Waals surface area contributed by atoms with E-state index in [1.807, 2.05) is 0 Å². The van der Waals surface area contributed by atoms with Crippen molar-refractivity contribution in [3.8, 4) is 33.9 Å². The molecule has 0 saturated carbocycles. The first kappa shape index (κ1) is 19.6. The molecule has 0 saturated heterocycles. The van der Waals surface area contributed by atoms with Crippen molar-refractivity contribution < 1.29 is 27.8 Å². The molecule has 0 spiro atoms. The Morgan fingerprint density at radius 2 is 1.66 bits per heavy atom. The molecule has 1 unspecified atom stereocenters. The Balaban J connectivity index is 1.72. The molecule has 8 nitrogen and oxygen atoms in total. The summed E-state index contributed by atoms with van der Waals surface area (Å²) in [6, 6.07) is 14.9. The van der Waals surface area contributed by atoms with Crippen LogP contribution in [0.5, 0.6) is 11.5 Å². The number of hydrogen-bond donors (Lipinski definition) is 0. The highest BCUT2D eigenvalue weighted by Crippen LogP contribution is 2.43. The number of carbonyl (C=O) groups excluding carboxylic acids is 1. The summed E-state index contributed by atoms with van der Waals surface area (Å²) in [6.07, 6.45) is -1.14. The van der Waals surface area contributed by atoms with Crippen molar-refractivity contribution in [2.45, 2.75) is 13.2 Å². The van der Waals surface area contributed by atoms with Crippen LogP contribution in [0.4, 0.5) is 0 Å². The van der Waals surface area contributed by atoms with Crippen LogP contribution >= 0.6 is 0 Å². The number of fused-ring (bicyclic) bond motifs is 4. The summed E-state index contributed by atoms with van der Waals surface area (Å²) >= 11 is 0. The smallest absolute Gasteiger partial charge is 0.344 e. The monoisotopic (exact) mass is 432 g/mol. The predicted octanol–water partition coefficient (Wildman–Crippen LogP) is 4.04. The summed E-state index contributed by atoms with van der Waals surface area (Å²) in [5.74, 6) is 0.567. The topological polar surface area (TPSA) is 105 Å². The molecule has 1 atom stereocenters. The first-order valence-electron chi connectivity index (χ1n) is 9.68. The average Bonchev–Trinajstić information content (AvgIpc) is 2.78. The van der Waals surface area contributed by atoms with Crippen LogP contribution in [0.15, 0.2) is 73.0 Å². The zero-order chi connectivity index (χ0) is 22.4. The third kappa shape index (κ3) is 3.22. The molecule has 0 fully saturated rings. The first-order valence-corrected chi connectivity index (χ1v) is 9.68. The van der Waals surface area contributed by atoms with Crippen LogP contribution in [0.3, 0.4) is 0 Å². The Morgan fingerprint density at radius 1 is 0.906 bits per heavy atom. The lowest BCUT2D eigenvalue weighted by atomic mass is 9.99. The van der Waals surface area contributed by atoms with E-state index < -0.39 is 23.5 Å². The fourth-order valence-electron chi connectivity index (χ4n) is 3.64. The molecule has 2 aromatic carbocycles. The molecule has 0 N–H and O–H groups in total. The minimum Gasteiger partial charge on any atom is -0.497 e. The van der Waals surface area contributed by atoms with E-state index >= 15 is 0 Å². The second-order valence-corrected chi connectivity index (χ2v) is 7.14. The summed E-state index contributed by atoms with van der Waals surface area (Å²) in [5, 5.41) is 0.593. The minimum absolute atomic E-state index is 0.0136. The van der Waals surface area contributed by atoms with Crippen LogP contribution in [0.2, 0.25) is 0 Å². The van der Waals surface area contributed by atoms with Crippen molar-refractivity contribution in [1.29, 1.82) is 0 Å². The van der Waals surface area contributed by atoms with Crippen LogP contribution in [0.25, 0.3) is 33.4 Å². The predicted molar refractivity (Wildman–Crippen MR) is 114 cm³/mol. The molecule has 8 heteroatoms. The van der Waals surface area contributed by atoms with Crippen molar-refractivity contribution in [3.63, 3.8) is 0 Å². The van der Waals surface area contributed by atoms with Gasteiger partial charge in [0, 0.05) is 18.4 Å². The second-order valence-electron chi connectivity index (χ2n) is 7.14. The van der Waals surface area contributed by atoms with E-state index in [1.54, 1.807) is 42.5 Å². The van der Waals surface area contributed by atoms with Gasteiger partial charge in [-0.2, -0.15) is 0 Å². The molecule has 0 amide bonds. The maximum Gasteiger partial charge on any atom is 0.344 e. The molecule has 0 bridgehead atoms. The number of ether oxygens (including phenoxy) is 3. The molecule has 160 valence electrons. The van der Waals surface area contributed by atoms with Gasteiger partial charge in [0.1, 0.15) is 17.1 Å². The fraction of sp³-hybridized carbons (Fsp3) is 0.125. The molecule has 4 aromatic rings. The number of hydrogen-bond acceptors (Lipinski definition) is 8. The van der Waals surface area contributed by atoms with Gasteiger partial charge in [-0.05, 0) is 36.4 Å². The molecule has 5 rings (SSSR count). The van der Waals surface area contributed by atoms with Gasteiger partial charge in [-0.15, -0.1) is 0 Å². The zero-order valence-corrected chi connectivity index (χ0v) is 17.0. The van der Waals surface area contributed by atoms with E-state index in [4.69, 9.17) is 23.0 Å². The van der Waals surface area contributed by atoms with Gasteiger partial charge in [0.05, 0.1) is 29.4 Å². The van der Waals surface area contributed by atoms with Crippen LogP contribution in [0, 0.1) is 0 Å². The van der Waals surface area contributed by atoms with Crippen molar-refractivity contribution in [1.82, 2.24) is 0 Å². The summed E-state index contributed by atoms with van der Waals surface area (Å²) in [7, 11) is 1.51. The first-order chi connectivity index (χ1) is 15.4. The van der Waals surface area contributed by atoms with E-state index in [9.17, 15) is 14.4 Å². The van der Waals surface area contributed by atoms with E-state index in [1.165, 1.54) is 26.2 Å². The highest BCUT2D eigenvalue weighted by molar-refractivity contribution is 5.83. The lowest BCUT2D eigenvalue weighted by Crippen LogP contribution is -2.22. The minimum atomic E-state index is -1.14. The molecule has 3 heterocycles. The van der Waals surface area contributed by atoms with Crippen molar-refractivity contribution in [2.75, 3.05) is 7.11 Å². The van der Waals surface area contributed by atoms with E-state index in [0.717, 1.165) is 0 Å². The summed E-state index contributed by atoms with van der Waals surface area (Å²) < 4.78 is 27.2. The highest BCUT2D eigenvalue weighted by Gasteiger charge is 2.32. The van der Waals surface area contributed by atoms with Crippen molar-refractivity contribution >= 4 is 16.9 Å². The molecule has 0 aliphatic carbocycles. The molecule has 32 heavy (non-hydrogen) atoms. The maximum atomic E-state index is 12.9. The van der Waals surface area contributed by atoms with Crippen LogP contribution in [0.1, 0.15) is 18.8 Å². The van der Waals surface area contributed by atoms with Gasteiger partial charge >= 0.3 is 17.2 Å². The molecule has 1 aliphatic rings. The van der Waals surface area contributed by atoms with Gasteiger partial charge in [-0.25, -0.2) is 9.59 Å². The number of rotatable bonds is 3. The SMILES string of the molecule is COc1ccc2cc(-c3cc4c(oc3=O)-c3ccccc3OC4OC(C)=O)c(=O)oc2c1. The molecule has 1 aliphatic heterocycles. The number of para-hydroxylation sites is 1. The Hall–Kier alpha value is -4.33. The Morgan fingerprint density at radius 3 is 2.44 bits per heavy atom. The van der Waals surface area contributed by atoms with Gasteiger partial charge in [0.15, 0.2) is 5.76 Å². The maximum absolute atomic E-state index is 12.9. The highest BCUT2D eigenvalue weighted by atomic mass is 16.7. The van der Waals surface area contributed by atoms with E-state index in [-0.39, 0.29) is 16.9 Å². The molecular formula is C24H16O8. The van der Waals surface area contributed by atoms with E-state index in [2.05, 4.69) is 0 Å². The number of benzene rings is 2. The standard InChI is InChI=1S/C24H16O8/c1-12(25)29-24-18-11-17(23(27)32-21(18)15-5-3-4-6-19(15)31-24)16-9-13-7-8-14(28-2)10-20(13)30-22(16)26/h3-11,24H,1-2H3. The van der Waals surface area contributed by atoms with Crippen LogP contribution in [-0.2, 0) is 9.53 Å². The molecule has 2 aromatic heterocycles. The summed E-state index contributed by atoms with van der Waals surface area (Å²) in [4.78, 5) is 37.2. The lowest BCUT2D eigenvalue weighted by molar-refractivity contribution is -0.162. The molecule has 0 radical (unpaired) electrons. The van der Waals surface area contributed by atoms with Gasteiger partial charge in [0.25, 0.3) is 6.29 Å². The average molecular weight is 432 g/mol. The second kappa shape index (κ2) is 7.42. The number of esters is 1. The van der Waals surface area contributed by atoms with Crippen LogP contribution < -0.4 is 20.7 Å². The van der Waals surface area contributed by atoms with Crippen molar-refractivity contribution in [3.05, 3.63) is 81.0 Å². The van der Waals surface area contributed by atoms with Gasteiger partial charge in [-0.3, -0.25) is 4.79 Å². The third-order valence-electron chi connectivity index (χ3n) is 5.10. The van der Waals surface area contributed by atoms with Crippen molar-refractivity contribution in [2.24, 2.45) is 0 Å². The Labute approximate surface area is 180 Å². The lowest BCUT2D eigenvalue weighted by Gasteiger charge is -2.26. The van der Waals surface area contributed by atoms with Crippen LogP contribution in [-0.4, -0.2) is 13.1 Å². The molecular weight excluding hydrogens is 416 g/mol. The fourth-order valence-corrected chi connectivity index (χ4v) is 3.64. The van der Waals surface area contributed by atoms with Gasteiger partial charge in [0.2, 0.25) is 0 Å². The normalized spacial score (nSPS) is 14.2. The van der Waals surface area contributed by atoms with Gasteiger partial charge in [-0.1, -0.05) is 12.1 Å². The zero-order valence-electron chi connectivity index (χ0n) is 17.0. The number of methoxy groups -OCH3 is 1. The third-order valence-corrected chi connectivity index (χ3v) is 5.10. The summed E-state index contributed by atoms with van der Waals surface area (Å²) in [5.41, 5.74) is -0.318. The van der Waals surface area contributed by atoms with Gasteiger partial charge < -0.3 is 23.0 Å². The number of carbonyl (C=O) groups is 1. The summed E-state index contributed by atoms with van der Waals surface area (Å²) in [6.45, 7) is 1.25. The quantitative estimate of drug-likeness (QED) is 0.353. The largest absolute Gasteiger partial charge is 0.497 e. The Bertz CT molecular complexity index is 1490. The Kier molecular flexibility index (Phi) is 4.55. The van der Waals surface area contributed by atoms with E-state index in [0.29, 0.717) is 33.6 Å².